The third-order valence-electron chi connectivity index (χ3n) is 5.82. The second-order valence-corrected chi connectivity index (χ2v) is 9.11. The van der Waals surface area contributed by atoms with Gasteiger partial charge in [0.05, 0.1) is 13.2 Å². The van der Waals surface area contributed by atoms with Crippen LogP contribution in [0.15, 0.2) is 55.6 Å². The van der Waals surface area contributed by atoms with E-state index < -0.39 is 30.1 Å². The second-order valence-electron chi connectivity index (χ2n) is 9.11. The molecule has 224 valence electrons. The lowest BCUT2D eigenvalue weighted by atomic mass is 10.0. The molecule has 2 atom stereocenters. The van der Waals surface area contributed by atoms with E-state index in [0.717, 1.165) is 37.8 Å². The molecule has 0 aliphatic carbocycles. The zero-order chi connectivity index (χ0) is 30.0. The van der Waals surface area contributed by atoms with Crippen LogP contribution < -0.4 is 9.47 Å². The first-order valence-electron chi connectivity index (χ1n) is 13.7. The fourth-order valence-electron chi connectivity index (χ4n) is 3.69. The Morgan fingerprint density at radius 1 is 0.805 bits per heavy atom. The van der Waals surface area contributed by atoms with Gasteiger partial charge >= 0.3 is 17.9 Å². The number of hydrogen-bond donors (Lipinski definition) is 1. The molecule has 0 fully saturated rings. The lowest BCUT2D eigenvalue weighted by molar-refractivity contribution is -0.148. The highest BCUT2D eigenvalue weighted by Crippen LogP contribution is 2.37. The molecule has 0 aromatic heterocycles. The van der Waals surface area contributed by atoms with Crippen LogP contribution in [0, 0.1) is 0 Å². The summed E-state index contributed by atoms with van der Waals surface area (Å²) in [5, 5.41) is 11.1. The van der Waals surface area contributed by atoms with Gasteiger partial charge < -0.3 is 33.5 Å². The van der Waals surface area contributed by atoms with Crippen molar-refractivity contribution in [2.75, 3.05) is 39.6 Å². The van der Waals surface area contributed by atoms with E-state index in [1.54, 1.807) is 24.3 Å². The number of carboxylic acid groups (broad SMARTS) is 1. The topological polar surface area (TPSA) is 127 Å². The first-order chi connectivity index (χ1) is 19.8. The van der Waals surface area contributed by atoms with Crippen molar-refractivity contribution < 1.29 is 47.9 Å². The average Bonchev–Trinajstić information content (AvgIpc) is 2.98. The van der Waals surface area contributed by atoms with Gasteiger partial charge in [0.25, 0.3) is 0 Å². The molecule has 0 bridgehead atoms. The van der Waals surface area contributed by atoms with Crippen LogP contribution in [0.2, 0.25) is 0 Å². The van der Waals surface area contributed by atoms with E-state index in [0.29, 0.717) is 24.0 Å². The first-order valence-corrected chi connectivity index (χ1v) is 13.7. The minimum Gasteiger partial charge on any atom is -0.489 e. The van der Waals surface area contributed by atoms with Gasteiger partial charge in [0.2, 0.25) is 0 Å². The predicted molar refractivity (Wildman–Crippen MR) is 154 cm³/mol. The molecule has 2 aromatic carbocycles. The van der Waals surface area contributed by atoms with Crippen LogP contribution in [0.25, 0.3) is 10.8 Å². The van der Waals surface area contributed by atoms with Gasteiger partial charge in [0.15, 0.2) is 12.2 Å². The van der Waals surface area contributed by atoms with E-state index in [1.807, 2.05) is 13.8 Å². The van der Waals surface area contributed by atoms with E-state index in [-0.39, 0.29) is 43.5 Å². The van der Waals surface area contributed by atoms with Crippen LogP contribution in [0.5, 0.6) is 11.5 Å². The minimum atomic E-state index is -1.24. The molecule has 0 aliphatic rings. The molecule has 0 aliphatic heterocycles. The number of carboxylic acids is 1. The van der Waals surface area contributed by atoms with E-state index in [4.69, 9.17) is 28.4 Å². The van der Waals surface area contributed by atoms with Crippen molar-refractivity contribution in [3.8, 4) is 11.5 Å². The quantitative estimate of drug-likeness (QED) is 0.122. The summed E-state index contributed by atoms with van der Waals surface area (Å²) in [5.74, 6) is -2.16. The van der Waals surface area contributed by atoms with Gasteiger partial charge in [0, 0.05) is 36.1 Å². The van der Waals surface area contributed by atoms with Gasteiger partial charge in [-0.15, -0.1) is 0 Å². The number of hydrogen-bond acceptors (Lipinski definition) is 9. The number of carbonyl (C=O) groups excluding carboxylic acids is 2. The van der Waals surface area contributed by atoms with Gasteiger partial charge in [-0.3, -0.25) is 0 Å². The molecule has 0 saturated carbocycles. The zero-order valence-electron chi connectivity index (χ0n) is 23.8. The summed E-state index contributed by atoms with van der Waals surface area (Å²) in [4.78, 5) is 36.0. The summed E-state index contributed by atoms with van der Waals surface area (Å²) >= 11 is 0. The number of aromatic carboxylic acids is 1. The largest absolute Gasteiger partial charge is 0.489 e. The van der Waals surface area contributed by atoms with Crippen molar-refractivity contribution in [1.82, 2.24) is 0 Å². The molecule has 2 unspecified atom stereocenters. The predicted octanol–water partition coefficient (Wildman–Crippen LogP) is 5.12. The van der Waals surface area contributed by atoms with Crippen LogP contribution in [0.4, 0.5) is 0 Å². The summed E-state index contributed by atoms with van der Waals surface area (Å²) < 4.78 is 33.9. The highest BCUT2D eigenvalue weighted by molar-refractivity contribution is 6.03. The maximum Gasteiger partial charge on any atom is 0.339 e. The lowest BCUT2D eigenvalue weighted by Crippen LogP contribution is -2.30. The van der Waals surface area contributed by atoms with Crippen molar-refractivity contribution in [2.45, 2.75) is 51.7 Å². The number of ether oxygens (including phenoxy) is 6. The SMILES string of the molecule is C=CC(=O)OC(COCCCC)COc1cc(C(=O)O)c(OCC(COCCCC)OC(=O)C=C)c2ccccc12. The highest BCUT2D eigenvalue weighted by Gasteiger charge is 2.23. The summed E-state index contributed by atoms with van der Waals surface area (Å²) in [5.41, 5.74) is -0.154. The van der Waals surface area contributed by atoms with Crippen molar-refractivity contribution in [3.63, 3.8) is 0 Å². The van der Waals surface area contributed by atoms with Gasteiger partial charge in [-0.25, -0.2) is 14.4 Å². The van der Waals surface area contributed by atoms with Crippen molar-refractivity contribution in [1.29, 1.82) is 0 Å². The zero-order valence-corrected chi connectivity index (χ0v) is 23.8. The average molecular weight is 573 g/mol. The van der Waals surface area contributed by atoms with Crippen LogP contribution in [-0.2, 0) is 28.5 Å². The Bertz CT molecular complexity index is 1160. The normalized spacial score (nSPS) is 12.2. The highest BCUT2D eigenvalue weighted by atomic mass is 16.6. The maximum atomic E-state index is 12.3. The Hall–Kier alpha value is -3.89. The molecule has 0 spiro atoms. The van der Waals surface area contributed by atoms with E-state index >= 15 is 0 Å². The van der Waals surface area contributed by atoms with Crippen LogP contribution >= 0.6 is 0 Å². The number of fused-ring (bicyclic) bond motifs is 1. The fraction of sp³-hybridized carbons (Fsp3) is 0.452. The molecule has 2 aromatic rings. The Balaban J connectivity index is 2.31. The van der Waals surface area contributed by atoms with Gasteiger partial charge in [-0.05, 0) is 18.9 Å². The smallest absolute Gasteiger partial charge is 0.339 e. The van der Waals surface area contributed by atoms with Crippen LogP contribution in [0.1, 0.15) is 49.9 Å². The molecule has 1 N–H and O–H groups in total. The first kappa shape index (κ1) is 33.3. The summed E-state index contributed by atoms with van der Waals surface area (Å²) in [6, 6.07) is 8.33. The van der Waals surface area contributed by atoms with Crippen LogP contribution in [-0.4, -0.2) is 74.9 Å². The molecule has 41 heavy (non-hydrogen) atoms. The molecule has 10 heteroatoms. The Labute approximate surface area is 240 Å². The molecular formula is C31H40O10. The number of carbonyl (C=O) groups is 3. The van der Waals surface area contributed by atoms with Gasteiger partial charge in [-0.2, -0.15) is 0 Å². The number of rotatable bonds is 21. The Morgan fingerprint density at radius 3 is 1.80 bits per heavy atom. The third kappa shape index (κ3) is 11.3. The number of esters is 2. The fourth-order valence-corrected chi connectivity index (χ4v) is 3.69. The molecule has 10 nitrogen and oxygen atoms in total. The monoisotopic (exact) mass is 572 g/mol. The molecular weight excluding hydrogens is 532 g/mol. The van der Waals surface area contributed by atoms with Crippen molar-refractivity contribution >= 4 is 28.7 Å². The molecule has 0 radical (unpaired) electrons. The third-order valence-corrected chi connectivity index (χ3v) is 5.82. The standard InChI is InChI=1S/C31H40O10/c1-5-9-15-36-18-22(40-28(32)7-3)20-38-27-17-26(31(34)35)30(25-14-12-11-13-24(25)27)39-21-23(41-29(33)8-4)19-37-16-10-6-2/h7-8,11-14,17,22-23H,3-6,9-10,15-16,18-21H2,1-2H3,(H,34,35). The van der Waals surface area contributed by atoms with Crippen molar-refractivity contribution in [2.24, 2.45) is 0 Å². The molecule has 0 amide bonds. The van der Waals surface area contributed by atoms with Gasteiger partial charge in [0.1, 0.15) is 30.3 Å². The second kappa shape index (κ2) is 18.5. The van der Waals surface area contributed by atoms with Crippen LogP contribution in [0.3, 0.4) is 0 Å². The Morgan fingerprint density at radius 2 is 1.32 bits per heavy atom. The van der Waals surface area contributed by atoms with E-state index in [1.165, 1.54) is 6.07 Å². The summed E-state index contributed by atoms with van der Waals surface area (Å²) in [6.07, 6.45) is 4.16. The van der Waals surface area contributed by atoms with Gasteiger partial charge in [-0.1, -0.05) is 64.1 Å². The number of unbranched alkanes of at least 4 members (excludes halogenated alkanes) is 2. The lowest BCUT2D eigenvalue weighted by Gasteiger charge is -2.22. The summed E-state index contributed by atoms with van der Waals surface area (Å²) in [7, 11) is 0. The minimum absolute atomic E-state index is 0.0757. The Kier molecular flexibility index (Phi) is 15.0. The molecule has 0 heterocycles. The maximum absolute atomic E-state index is 12.3. The molecule has 0 saturated heterocycles. The van der Waals surface area contributed by atoms with Crippen molar-refractivity contribution in [3.05, 3.63) is 61.2 Å². The summed E-state index contributed by atoms with van der Waals surface area (Å²) in [6.45, 7) is 11.9. The van der Waals surface area contributed by atoms with E-state index in [9.17, 15) is 19.5 Å². The number of benzene rings is 2. The molecule has 2 rings (SSSR count). The van der Waals surface area contributed by atoms with E-state index in [2.05, 4.69) is 13.2 Å².